The van der Waals surface area contributed by atoms with Gasteiger partial charge in [-0.3, -0.25) is 0 Å². The van der Waals surface area contributed by atoms with Crippen LogP contribution in [0.1, 0.15) is 20.8 Å². The molecule has 0 bridgehead atoms. The van der Waals surface area contributed by atoms with Gasteiger partial charge in [0.15, 0.2) is 8.24 Å². The van der Waals surface area contributed by atoms with E-state index in [2.05, 4.69) is 44.7 Å². The smallest absolute Gasteiger partial charge is 0.172 e. The second-order valence-electron chi connectivity index (χ2n) is 5.17. The molecule has 14 heavy (non-hydrogen) atoms. The molecule has 0 amide bonds. The molecule has 1 N–H and O–H groups in total. The van der Waals surface area contributed by atoms with Crippen molar-refractivity contribution in [1.82, 2.24) is 0 Å². The topological polar surface area (TPSA) is 32.6 Å². The zero-order valence-electron chi connectivity index (χ0n) is 10.3. The van der Waals surface area contributed by atoms with Crippen LogP contribution in [0, 0.1) is 5.92 Å². The fourth-order valence-electron chi connectivity index (χ4n) is 1.29. The highest BCUT2D eigenvalue weighted by Crippen LogP contribution is 2.18. The number of hydrogen-bond acceptors (Lipinski definition) is 2. The van der Waals surface area contributed by atoms with Crippen molar-refractivity contribution in [2.24, 2.45) is 10.6 Å². The van der Waals surface area contributed by atoms with E-state index in [1.165, 1.54) is 0 Å². The molecule has 0 aliphatic heterocycles. The zero-order chi connectivity index (χ0) is 11.6. The minimum atomic E-state index is -1.53. The van der Waals surface area contributed by atoms with Crippen molar-refractivity contribution in [3.05, 3.63) is 12.7 Å². The lowest BCUT2D eigenvalue weighted by Gasteiger charge is -2.27. The number of nitrogens with zero attached hydrogens (tertiary/aromatic N) is 1. The van der Waals surface area contributed by atoms with Gasteiger partial charge in [0, 0.05) is 5.71 Å². The Morgan fingerprint density at radius 2 is 1.86 bits per heavy atom. The Labute approximate surface area is 88.8 Å². The molecule has 0 saturated heterocycles. The highest BCUT2D eigenvalue weighted by Gasteiger charge is 2.28. The Balaban J connectivity index is 5.17. The molecule has 0 spiro atoms. The molecule has 2 nitrogen and oxygen atoms in total. The van der Waals surface area contributed by atoms with Crippen LogP contribution in [0.2, 0.25) is 19.6 Å². The lowest BCUT2D eigenvalue weighted by molar-refractivity contribution is 0.179. The summed E-state index contributed by atoms with van der Waals surface area (Å²) in [7, 11) is -1.53. The monoisotopic (exact) mass is 213 g/mol. The third-order valence-corrected chi connectivity index (χ3v) is 2.83. The Hall–Kier alpha value is -0.413. The van der Waals surface area contributed by atoms with E-state index in [9.17, 15) is 5.11 Å². The van der Waals surface area contributed by atoms with Gasteiger partial charge < -0.3 is 9.76 Å². The predicted molar refractivity (Wildman–Crippen MR) is 66.4 cm³/mol. The van der Waals surface area contributed by atoms with Gasteiger partial charge in [0.25, 0.3) is 0 Å². The minimum Gasteiger partial charge on any atom is -0.380 e. The first kappa shape index (κ1) is 13.6. The molecular formula is C11H23NOSi. The molecule has 1 atom stereocenters. The predicted octanol–water partition coefficient (Wildman–Crippen LogP) is 2.86. The van der Waals surface area contributed by atoms with E-state index in [0.717, 1.165) is 5.71 Å². The largest absolute Gasteiger partial charge is 0.380 e. The van der Waals surface area contributed by atoms with E-state index in [1.807, 2.05) is 0 Å². The van der Waals surface area contributed by atoms with E-state index in [4.69, 9.17) is 0 Å². The molecule has 82 valence electrons. The first-order valence-corrected chi connectivity index (χ1v) is 8.51. The molecule has 0 radical (unpaired) electrons. The average Bonchev–Trinajstić information content (AvgIpc) is 1.98. The van der Waals surface area contributed by atoms with Gasteiger partial charge in [0.2, 0.25) is 0 Å². The second-order valence-corrected chi connectivity index (χ2v) is 9.74. The molecule has 0 aromatic heterocycles. The maximum atomic E-state index is 10.1. The van der Waals surface area contributed by atoms with Crippen molar-refractivity contribution in [3.63, 3.8) is 0 Å². The fourth-order valence-corrected chi connectivity index (χ4v) is 2.50. The lowest BCUT2D eigenvalue weighted by Crippen LogP contribution is -2.39. The Kier molecular flexibility index (Phi) is 4.27. The van der Waals surface area contributed by atoms with E-state index in [-0.39, 0.29) is 5.92 Å². The molecule has 0 fully saturated rings. The van der Waals surface area contributed by atoms with Crippen LogP contribution in [0.3, 0.4) is 0 Å². The highest BCUT2D eigenvalue weighted by atomic mass is 28.3. The number of rotatable bonds is 4. The molecular weight excluding hydrogens is 190 g/mol. The maximum absolute atomic E-state index is 10.1. The molecule has 0 aromatic carbocycles. The second kappa shape index (κ2) is 4.40. The Bertz CT molecular complexity index is 236. The van der Waals surface area contributed by atoms with Gasteiger partial charge in [0.1, 0.15) is 5.60 Å². The average molecular weight is 213 g/mol. The van der Waals surface area contributed by atoms with Crippen LogP contribution in [0.25, 0.3) is 0 Å². The van der Waals surface area contributed by atoms with E-state index in [0.29, 0.717) is 0 Å². The SMILES string of the molecule is C=CC(C)(O)/C(=N/[Si](C)(C)C)C(C)C. The number of hydrogen-bond donors (Lipinski definition) is 1. The summed E-state index contributed by atoms with van der Waals surface area (Å²) < 4.78 is 4.69. The van der Waals surface area contributed by atoms with Gasteiger partial charge in [-0.15, -0.1) is 0 Å². The van der Waals surface area contributed by atoms with Crippen LogP contribution >= 0.6 is 0 Å². The molecule has 0 rings (SSSR count). The van der Waals surface area contributed by atoms with Crippen molar-refractivity contribution < 1.29 is 5.11 Å². The van der Waals surface area contributed by atoms with Gasteiger partial charge in [0.05, 0.1) is 0 Å². The maximum Gasteiger partial charge on any atom is 0.172 e. The van der Waals surface area contributed by atoms with Crippen LogP contribution < -0.4 is 0 Å². The third kappa shape index (κ3) is 4.20. The Morgan fingerprint density at radius 3 is 2.07 bits per heavy atom. The zero-order valence-corrected chi connectivity index (χ0v) is 11.3. The van der Waals surface area contributed by atoms with Crippen LogP contribution in [0.4, 0.5) is 0 Å². The van der Waals surface area contributed by atoms with Crippen molar-refractivity contribution in [2.45, 2.75) is 46.0 Å². The fraction of sp³-hybridized carbons (Fsp3) is 0.727. The van der Waals surface area contributed by atoms with Crippen molar-refractivity contribution in [1.29, 1.82) is 0 Å². The van der Waals surface area contributed by atoms with Crippen LogP contribution in [0.15, 0.2) is 17.3 Å². The van der Waals surface area contributed by atoms with E-state index >= 15 is 0 Å². The quantitative estimate of drug-likeness (QED) is 0.435. The number of aliphatic hydroxyl groups is 1. The first-order chi connectivity index (χ1) is 6.10. The molecule has 0 heterocycles. The van der Waals surface area contributed by atoms with Gasteiger partial charge in [-0.2, -0.15) is 0 Å². The summed E-state index contributed by atoms with van der Waals surface area (Å²) >= 11 is 0. The molecule has 1 unspecified atom stereocenters. The third-order valence-electron chi connectivity index (χ3n) is 1.92. The van der Waals surface area contributed by atoms with E-state index in [1.54, 1.807) is 13.0 Å². The summed E-state index contributed by atoms with van der Waals surface area (Å²) in [5.74, 6) is 0.259. The summed E-state index contributed by atoms with van der Waals surface area (Å²) in [4.78, 5) is 0. The summed E-state index contributed by atoms with van der Waals surface area (Å²) in [6.07, 6.45) is 1.56. The molecule has 3 heteroatoms. The van der Waals surface area contributed by atoms with E-state index < -0.39 is 13.8 Å². The summed E-state index contributed by atoms with van der Waals surface area (Å²) in [5, 5.41) is 10.1. The standard InChI is InChI=1S/C11H23NOSi/c1-8-11(4,13)10(9(2)3)12-14(5,6)7/h8-9,13H,1H2,2-7H3/b12-10+. The van der Waals surface area contributed by atoms with Crippen LogP contribution in [-0.2, 0) is 0 Å². The van der Waals surface area contributed by atoms with Crippen LogP contribution in [0.5, 0.6) is 0 Å². The van der Waals surface area contributed by atoms with Crippen molar-refractivity contribution in [3.8, 4) is 0 Å². The van der Waals surface area contributed by atoms with Gasteiger partial charge in [-0.1, -0.05) is 26.5 Å². The van der Waals surface area contributed by atoms with Crippen LogP contribution in [-0.4, -0.2) is 24.7 Å². The van der Waals surface area contributed by atoms with Crippen molar-refractivity contribution in [2.75, 3.05) is 0 Å². The normalized spacial score (nSPS) is 18.1. The van der Waals surface area contributed by atoms with Gasteiger partial charge in [-0.05, 0) is 32.5 Å². The van der Waals surface area contributed by atoms with Gasteiger partial charge >= 0.3 is 0 Å². The Morgan fingerprint density at radius 1 is 1.43 bits per heavy atom. The molecule has 0 aliphatic rings. The van der Waals surface area contributed by atoms with Gasteiger partial charge in [-0.25, -0.2) is 0 Å². The highest BCUT2D eigenvalue weighted by molar-refractivity contribution is 6.75. The first-order valence-electron chi connectivity index (χ1n) is 5.06. The van der Waals surface area contributed by atoms with Crippen molar-refractivity contribution >= 4 is 13.9 Å². The summed E-state index contributed by atoms with van der Waals surface area (Å²) in [6, 6.07) is 0. The molecule has 0 aliphatic carbocycles. The minimum absolute atomic E-state index is 0.259. The molecule has 0 saturated carbocycles. The summed E-state index contributed by atoms with van der Waals surface area (Å²) in [5.41, 5.74) is -0.110. The lowest BCUT2D eigenvalue weighted by atomic mass is 9.92. The summed E-state index contributed by atoms with van der Waals surface area (Å²) in [6.45, 7) is 16.0. The molecule has 0 aromatic rings.